The minimum absolute atomic E-state index is 0.229. The Morgan fingerprint density at radius 3 is 2.24 bits per heavy atom. The second-order valence-electron chi connectivity index (χ2n) is 4.92. The molecule has 1 aromatic carbocycles. The number of carbonyl (C=O) groups excluding carboxylic acids is 1. The van der Waals surface area contributed by atoms with Crippen molar-refractivity contribution < 1.29 is 4.79 Å². The number of likely N-dealkylation sites (N-methyl/N-ethyl adjacent to an activating group) is 1. The first kappa shape index (κ1) is 12.2. The topological polar surface area (TPSA) is 20.3 Å². The van der Waals surface area contributed by atoms with Crippen molar-refractivity contribution in [3.63, 3.8) is 0 Å². The van der Waals surface area contributed by atoms with E-state index in [-0.39, 0.29) is 5.41 Å². The van der Waals surface area contributed by atoms with Gasteiger partial charge in [-0.15, -0.1) is 0 Å². The Balaban J connectivity index is 2.31. The fraction of sp³-hybridized carbons (Fsp3) is 0.533. The number of nitrogens with zero attached hydrogens (tertiary/aromatic N) is 1. The van der Waals surface area contributed by atoms with Crippen molar-refractivity contribution in [1.82, 2.24) is 4.90 Å². The van der Waals surface area contributed by atoms with Gasteiger partial charge in [0.15, 0.2) is 0 Å². The summed E-state index contributed by atoms with van der Waals surface area (Å²) < 4.78 is 0. The van der Waals surface area contributed by atoms with E-state index in [1.807, 2.05) is 36.9 Å². The van der Waals surface area contributed by atoms with Crippen LogP contribution in [-0.2, 0) is 10.2 Å². The van der Waals surface area contributed by atoms with Gasteiger partial charge in [0, 0.05) is 13.1 Å². The fourth-order valence-electron chi connectivity index (χ4n) is 2.78. The van der Waals surface area contributed by atoms with Gasteiger partial charge in [0.25, 0.3) is 0 Å². The normalized spacial score (nSPS) is 26.6. The highest BCUT2D eigenvalue weighted by Gasteiger charge is 2.59. The van der Waals surface area contributed by atoms with Gasteiger partial charge in [-0.05, 0) is 31.7 Å². The number of carbonyl (C=O) groups is 1. The minimum Gasteiger partial charge on any atom is -0.342 e. The SMILES string of the molecule is CCN(CC)C(=O)[C@@]1(c2ccccc2)C[C@H]1C. The van der Waals surface area contributed by atoms with Gasteiger partial charge in [-0.1, -0.05) is 37.3 Å². The Kier molecular flexibility index (Phi) is 3.23. The Morgan fingerprint density at radius 1 is 1.29 bits per heavy atom. The first-order chi connectivity index (χ1) is 8.16. The van der Waals surface area contributed by atoms with Crippen LogP contribution in [0, 0.1) is 5.92 Å². The molecule has 1 saturated carbocycles. The zero-order valence-corrected chi connectivity index (χ0v) is 10.9. The first-order valence-corrected chi connectivity index (χ1v) is 6.51. The lowest BCUT2D eigenvalue weighted by Crippen LogP contribution is -2.40. The highest BCUT2D eigenvalue weighted by atomic mass is 16.2. The van der Waals surface area contributed by atoms with Gasteiger partial charge in [0.05, 0.1) is 5.41 Å². The number of hydrogen-bond acceptors (Lipinski definition) is 1. The van der Waals surface area contributed by atoms with Crippen molar-refractivity contribution >= 4 is 5.91 Å². The zero-order chi connectivity index (χ0) is 12.5. The second kappa shape index (κ2) is 4.52. The molecule has 0 aromatic heterocycles. The Hall–Kier alpha value is -1.31. The summed E-state index contributed by atoms with van der Waals surface area (Å²) in [6.45, 7) is 7.88. The van der Waals surface area contributed by atoms with Crippen LogP contribution in [-0.4, -0.2) is 23.9 Å². The van der Waals surface area contributed by atoms with E-state index in [9.17, 15) is 4.79 Å². The second-order valence-corrected chi connectivity index (χ2v) is 4.92. The molecule has 1 aliphatic carbocycles. The molecule has 2 nitrogen and oxygen atoms in total. The Morgan fingerprint density at radius 2 is 1.82 bits per heavy atom. The minimum atomic E-state index is -0.229. The predicted molar refractivity (Wildman–Crippen MR) is 69.8 cm³/mol. The molecule has 1 aliphatic rings. The molecule has 1 aromatic rings. The maximum Gasteiger partial charge on any atom is 0.233 e. The zero-order valence-electron chi connectivity index (χ0n) is 10.9. The van der Waals surface area contributed by atoms with Crippen LogP contribution in [0.2, 0.25) is 0 Å². The molecule has 0 spiro atoms. The molecule has 0 saturated heterocycles. The standard InChI is InChI=1S/C15H21NO/c1-4-16(5-2)14(17)15(11-12(15)3)13-9-7-6-8-10-13/h6-10,12H,4-5,11H2,1-3H3/t12-,15+/m1/s1. The van der Waals surface area contributed by atoms with E-state index in [0.29, 0.717) is 11.8 Å². The highest BCUT2D eigenvalue weighted by molar-refractivity contribution is 5.92. The molecular formula is C15H21NO. The maximum absolute atomic E-state index is 12.6. The van der Waals surface area contributed by atoms with Gasteiger partial charge in [-0.2, -0.15) is 0 Å². The van der Waals surface area contributed by atoms with Crippen LogP contribution in [0.15, 0.2) is 30.3 Å². The maximum atomic E-state index is 12.6. The number of benzene rings is 1. The highest BCUT2D eigenvalue weighted by Crippen LogP contribution is 2.55. The molecule has 2 rings (SSSR count). The Bertz CT molecular complexity index is 397. The fourth-order valence-corrected chi connectivity index (χ4v) is 2.78. The van der Waals surface area contributed by atoms with Gasteiger partial charge in [0.1, 0.15) is 0 Å². The van der Waals surface area contributed by atoms with Crippen LogP contribution in [0.3, 0.4) is 0 Å². The molecule has 2 heteroatoms. The molecule has 17 heavy (non-hydrogen) atoms. The number of rotatable bonds is 4. The third-order valence-corrected chi connectivity index (χ3v) is 4.03. The van der Waals surface area contributed by atoms with Gasteiger partial charge in [-0.25, -0.2) is 0 Å². The smallest absolute Gasteiger partial charge is 0.233 e. The number of amides is 1. The van der Waals surface area contributed by atoms with Crippen LogP contribution < -0.4 is 0 Å². The lowest BCUT2D eigenvalue weighted by atomic mass is 9.92. The molecule has 1 amide bonds. The lowest BCUT2D eigenvalue weighted by Gasteiger charge is -2.26. The summed E-state index contributed by atoms with van der Waals surface area (Å²) >= 11 is 0. The lowest BCUT2D eigenvalue weighted by molar-refractivity contribution is -0.134. The van der Waals surface area contributed by atoms with Crippen LogP contribution in [0.1, 0.15) is 32.8 Å². The van der Waals surface area contributed by atoms with Crippen molar-refractivity contribution in [2.24, 2.45) is 5.92 Å². The third kappa shape index (κ3) is 1.86. The third-order valence-electron chi connectivity index (χ3n) is 4.03. The van der Waals surface area contributed by atoms with E-state index < -0.39 is 0 Å². The summed E-state index contributed by atoms with van der Waals surface area (Å²) in [4.78, 5) is 14.6. The molecule has 2 atom stereocenters. The molecule has 0 radical (unpaired) electrons. The van der Waals surface area contributed by atoms with E-state index in [2.05, 4.69) is 19.1 Å². The van der Waals surface area contributed by atoms with E-state index in [0.717, 1.165) is 19.5 Å². The summed E-state index contributed by atoms with van der Waals surface area (Å²) in [5, 5.41) is 0. The average molecular weight is 231 g/mol. The summed E-state index contributed by atoms with van der Waals surface area (Å²) in [5.74, 6) is 0.777. The molecule has 0 unspecified atom stereocenters. The van der Waals surface area contributed by atoms with Crippen molar-refractivity contribution in [3.8, 4) is 0 Å². The van der Waals surface area contributed by atoms with Crippen LogP contribution >= 0.6 is 0 Å². The van der Waals surface area contributed by atoms with Crippen molar-refractivity contribution in [1.29, 1.82) is 0 Å². The van der Waals surface area contributed by atoms with E-state index in [4.69, 9.17) is 0 Å². The van der Waals surface area contributed by atoms with Gasteiger partial charge in [0.2, 0.25) is 5.91 Å². The van der Waals surface area contributed by atoms with Crippen molar-refractivity contribution in [3.05, 3.63) is 35.9 Å². The largest absolute Gasteiger partial charge is 0.342 e. The molecule has 92 valence electrons. The van der Waals surface area contributed by atoms with E-state index in [1.165, 1.54) is 5.56 Å². The molecule has 0 N–H and O–H groups in total. The van der Waals surface area contributed by atoms with Crippen LogP contribution in [0.4, 0.5) is 0 Å². The molecule has 0 aliphatic heterocycles. The monoisotopic (exact) mass is 231 g/mol. The molecule has 0 bridgehead atoms. The molecule has 0 heterocycles. The van der Waals surface area contributed by atoms with Gasteiger partial charge in [-0.3, -0.25) is 4.79 Å². The van der Waals surface area contributed by atoms with Crippen molar-refractivity contribution in [2.45, 2.75) is 32.6 Å². The van der Waals surface area contributed by atoms with E-state index in [1.54, 1.807) is 0 Å². The summed E-state index contributed by atoms with van der Waals surface area (Å²) in [6.07, 6.45) is 0.992. The predicted octanol–water partition coefficient (Wildman–Crippen LogP) is 2.83. The quantitative estimate of drug-likeness (QED) is 0.780. The van der Waals surface area contributed by atoms with Crippen molar-refractivity contribution in [2.75, 3.05) is 13.1 Å². The first-order valence-electron chi connectivity index (χ1n) is 6.51. The number of hydrogen-bond donors (Lipinski definition) is 0. The van der Waals surface area contributed by atoms with Crippen LogP contribution in [0.25, 0.3) is 0 Å². The summed E-state index contributed by atoms with van der Waals surface area (Å²) in [7, 11) is 0. The Labute approximate surface area is 104 Å². The summed E-state index contributed by atoms with van der Waals surface area (Å²) in [6, 6.07) is 10.2. The van der Waals surface area contributed by atoms with Crippen LogP contribution in [0.5, 0.6) is 0 Å². The van der Waals surface area contributed by atoms with E-state index >= 15 is 0 Å². The van der Waals surface area contributed by atoms with Gasteiger partial charge < -0.3 is 4.90 Å². The summed E-state index contributed by atoms with van der Waals surface area (Å²) in [5.41, 5.74) is 0.956. The molecular weight excluding hydrogens is 210 g/mol. The average Bonchev–Trinajstić information content (AvgIpc) is 3.05. The molecule has 1 fully saturated rings. The van der Waals surface area contributed by atoms with Gasteiger partial charge >= 0.3 is 0 Å².